The Hall–Kier alpha value is -0.770. The molecule has 0 amide bonds. The highest BCUT2D eigenvalue weighted by molar-refractivity contribution is 6.32. The van der Waals surface area contributed by atoms with Crippen LogP contribution in [0.3, 0.4) is 0 Å². The van der Waals surface area contributed by atoms with E-state index in [1.165, 1.54) is 5.56 Å². The van der Waals surface area contributed by atoms with Gasteiger partial charge in [-0.2, -0.15) is 0 Å². The summed E-state index contributed by atoms with van der Waals surface area (Å²) in [5, 5.41) is 4.03. The second-order valence-electron chi connectivity index (χ2n) is 4.69. The molecule has 1 aromatic rings. The molecule has 3 rings (SSSR count). The van der Waals surface area contributed by atoms with Crippen molar-refractivity contribution in [3.05, 3.63) is 28.3 Å². The summed E-state index contributed by atoms with van der Waals surface area (Å²) >= 11 is 6.26. The van der Waals surface area contributed by atoms with Crippen LogP contribution in [0.1, 0.15) is 24.2 Å². The fourth-order valence-electron chi connectivity index (χ4n) is 2.48. The average Bonchev–Trinajstić information content (AvgIpc) is 2.71. The summed E-state index contributed by atoms with van der Waals surface area (Å²) in [4.78, 5) is 0. The third-order valence-corrected chi connectivity index (χ3v) is 3.55. The molecule has 1 saturated heterocycles. The summed E-state index contributed by atoms with van der Waals surface area (Å²) in [6.45, 7) is 4.60. The zero-order valence-electron chi connectivity index (χ0n) is 9.83. The smallest absolute Gasteiger partial charge is 0.141 e. The highest BCUT2D eigenvalue weighted by Gasteiger charge is 2.25. The molecule has 4 heteroatoms. The minimum absolute atomic E-state index is 0.113. The van der Waals surface area contributed by atoms with Gasteiger partial charge in [0.2, 0.25) is 0 Å². The summed E-state index contributed by atoms with van der Waals surface area (Å²) in [6.07, 6.45) is 1.27. The van der Waals surface area contributed by atoms with E-state index in [4.69, 9.17) is 21.1 Å². The van der Waals surface area contributed by atoms with E-state index in [1.807, 2.05) is 6.07 Å². The quantitative estimate of drug-likeness (QED) is 0.833. The Labute approximate surface area is 106 Å². The maximum Gasteiger partial charge on any atom is 0.141 e. The van der Waals surface area contributed by atoms with Crippen LogP contribution in [0.5, 0.6) is 5.75 Å². The topological polar surface area (TPSA) is 30.5 Å². The lowest BCUT2D eigenvalue weighted by molar-refractivity contribution is 0.0276. The lowest BCUT2D eigenvalue weighted by atomic mass is 10.0. The van der Waals surface area contributed by atoms with Crippen LogP contribution in [-0.2, 0) is 11.2 Å². The molecule has 1 aromatic carbocycles. The number of hydrogen-bond donors (Lipinski definition) is 1. The predicted molar refractivity (Wildman–Crippen MR) is 66.8 cm³/mol. The number of rotatable bonds is 1. The maximum atomic E-state index is 6.26. The largest absolute Gasteiger partial charge is 0.489 e. The maximum absolute atomic E-state index is 6.26. The molecule has 3 nitrogen and oxygen atoms in total. The first-order chi connectivity index (χ1) is 8.24. The molecule has 2 atom stereocenters. The SMILES string of the molecule is CC1Cc2cc(C3CNCCO3)cc(Cl)c2O1. The van der Waals surface area contributed by atoms with Crippen molar-refractivity contribution in [3.8, 4) is 5.75 Å². The van der Waals surface area contributed by atoms with Crippen molar-refractivity contribution in [1.29, 1.82) is 0 Å². The van der Waals surface area contributed by atoms with Gasteiger partial charge in [-0.25, -0.2) is 0 Å². The van der Waals surface area contributed by atoms with Crippen molar-refractivity contribution in [1.82, 2.24) is 5.32 Å². The van der Waals surface area contributed by atoms with Gasteiger partial charge in [0.25, 0.3) is 0 Å². The molecule has 2 aliphatic rings. The third-order valence-electron chi connectivity index (χ3n) is 3.27. The van der Waals surface area contributed by atoms with E-state index in [2.05, 4.69) is 18.3 Å². The van der Waals surface area contributed by atoms with E-state index in [9.17, 15) is 0 Å². The molecule has 0 aromatic heterocycles. The first-order valence-corrected chi connectivity index (χ1v) is 6.43. The van der Waals surface area contributed by atoms with Crippen molar-refractivity contribution >= 4 is 11.6 Å². The highest BCUT2D eigenvalue weighted by Crippen LogP contribution is 2.38. The molecule has 2 aliphatic heterocycles. The second kappa shape index (κ2) is 4.48. The van der Waals surface area contributed by atoms with Crippen LogP contribution in [0.15, 0.2) is 12.1 Å². The number of nitrogens with one attached hydrogen (secondary N) is 1. The van der Waals surface area contributed by atoms with Gasteiger partial charge in [-0.05, 0) is 30.2 Å². The lowest BCUT2D eigenvalue weighted by Crippen LogP contribution is -2.33. The van der Waals surface area contributed by atoms with Crippen molar-refractivity contribution in [2.75, 3.05) is 19.7 Å². The van der Waals surface area contributed by atoms with Crippen LogP contribution < -0.4 is 10.1 Å². The van der Waals surface area contributed by atoms with E-state index in [0.717, 1.165) is 37.4 Å². The van der Waals surface area contributed by atoms with Crippen LogP contribution in [0.2, 0.25) is 5.02 Å². The Morgan fingerprint density at radius 1 is 1.41 bits per heavy atom. The molecular formula is C13H16ClNO2. The number of morpholine rings is 1. The van der Waals surface area contributed by atoms with Crippen molar-refractivity contribution in [2.24, 2.45) is 0 Å². The summed E-state index contributed by atoms with van der Waals surface area (Å²) in [6, 6.07) is 4.14. The number of benzene rings is 1. The van der Waals surface area contributed by atoms with Gasteiger partial charge < -0.3 is 14.8 Å². The Kier molecular flexibility index (Phi) is 2.99. The zero-order valence-corrected chi connectivity index (χ0v) is 10.6. The summed E-state index contributed by atoms with van der Waals surface area (Å²) in [7, 11) is 0. The molecule has 1 fully saturated rings. The normalized spacial score (nSPS) is 27.6. The molecule has 0 aliphatic carbocycles. The molecule has 1 N–H and O–H groups in total. The van der Waals surface area contributed by atoms with E-state index in [0.29, 0.717) is 5.02 Å². The van der Waals surface area contributed by atoms with Crippen LogP contribution >= 0.6 is 11.6 Å². The van der Waals surface area contributed by atoms with Crippen LogP contribution in [-0.4, -0.2) is 25.8 Å². The van der Waals surface area contributed by atoms with Gasteiger partial charge in [0.05, 0.1) is 17.7 Å². The van der Waals surface area contributed by atoms with E-state index in [-0.39, 0.29) is 12.2 Å². The monoisotopic (exact) mass is 253 g/mol. The van der Waals surface area contributed by atoms with Gasteiger partial charge in [-0.1, -0.05) is 11.6 Å². The minimum atomic E-state index is 0.113. The molecule has 2 heterocycles. The van der Waals surface area contributed by atoms with Crippen molar-refractivity contribution in [3.63, 3.8) is 0 Å². The molecule has 17 heavy (non-hydrogen) atoms. The van der Waals surface area contributed by atoms with E-state index in [1.54, 1.807) is 0 Å². The molecule has 0 saturated carbocycles. The number of fused-ring (bicyclic) bond motifs is 1. The van der Waals surface area contributed by atoms with Gasteiger partial charge >= 0.3 is 0 Å². The van der Waals surface area contributed by atoms with Crippen molar-refractivity contribution in [2.45, 2.75) is 25.6 Å². The molecule has 0 spiro atoms. The number of halogens is 1. The van der Waals surface area contributed by atoms with Crippen molar-refractivity contribution < 1.29 is 9.47 Å². The molecule has 92 valence electrons. The van der Waals surface area contributed by atoms with E-state index >= 15 is 0 Å². The Balaban J connectivity index is 1.91. The van der Waals surface area contributed by atoms with Gasteiger partial charge in [-0.15, -0.1) is 0 Å². The van der Waals surface area contributed by atoms with Crippen LogP contribution in [0.4, 0.5) is 0 Å². The number of hydrogen-bond acceptors (Lipinski definition) is 3. The summed E-state index contributed by atoms with van der Waals surface area (Å²) < 4.78 is 11.4. The lowest BCUT2D eigenvalue weighted by Gasteiger charge is -2.24. The average molecular weight is 254 g/mol. The summed E-state index contributed by atoms with van der Waals surface area (Å²) in [5.41, 5.74) is 2.35. The Morgan fingerprint density at radius 2 is 2.29 bits per heavy atom. The van der Waals surface area contributed by atoms with Gasteiger partial charge in [-0.3, -0.25) is 0 Å². The first-order valence-electron chi connectivity index (χ1n) is 6.05. The first kappa shape index (κ1) is 11.3. The van der Waals surface area contributed by atoms with Gasteiger partial charge in [0.15, 0.2) is 0 Å². The second-order valence-corrected chi connectivity index (χ2v) is 5.09. The minimum Gasteiger partial charge on any atom is -0.489 e. The number of ether oxygens (including phenoxy) is 2. The molecular weight excluding hydrogens is 238 g/mol. The van der Waals surface area contributed by atoms with Crippen LogP contribution in [0, 0.1) is 0 Å². The fraction of sp³-hybridized carbons (Fsp3) is 0.538. The van der Waals surface area contributed by atoms with Gasteiger partial charge in [0, 0.05) is 19.5 Å². The summed E-state index contributed by atoms with van der Waals surface area (Å²) in [5.74, 6) is 0.853. The van der Waals surface area contributed by atoms with Gasteiger partial charge in [0.1, 0.15) is 11.9 Å². The molecule has 2 unspecified atom stereocenters. The standard InChI is InChI=1S/C13H16ClNO2/c1-8-4-10-5-9(6-11(14)13(10)17-8)12-7-15-2-3-16-12/h5-6,8,12,15H,2-4,7H2,1H3. The van der Waals surface area contributed by atoms with Crippen LogP contribution in [0.25, 0.3) is 0 Å². The fourth-order valence-corrected chi connectivity index (χ4v) is 2.77. The highest BCUT2D eigenvalue weighted by atomic mass is 35.5. The Bertz CT molecular complexity index is 430. The third kappa shape index (κ3) is 2.15. The molecule has 0 radical (unpaired) electrons. The predicted octanol–water partition coefficient (Wildman–Crippen LogP) is 2.32. The van der Waals surface area contributed by atoms with E-state index < -0.39 is 0 Å². The zero-order chi connectivity index (χ0) is 11.8. The Morgan fingerprint density at radius 3 is 3.06 bits per heavy atom. The molecule has 0 bridgehead atoms.